The number of nitrogens with zero attached hydrogens (tertiary/aromatic N) is 3. The maximum absolute atomic E-state index is 9.31. The molecule has 0 spiro atoms. The van der Waals surface area contributed by atoms with E-state index in [0.29, 0.717) is 69.8 Å². The van der Waals surface area contributed by atoms with Crippen molar-refractivity contribution >= 4 is 45.7 Å². The number of benzene rings is 7. The standard InChI is InChI=1S/C25H29ClN2O3.C24H36N2O3.C19H26N2O3/c26-22-7-1-19(2-8-22)25(20-3-9-23(10-4-20)27-13-16-29)21-5-11-24(12-6-21)28(14-17-30)15-18-31;1-2-3-4-5-24(20-6-10-22(11-7-20)25-14-17-27)21-8-12-23(13-9-21)26(15-18-28)16-19-29;22-12-9-20-18-5-1-16(2-6-18)15-17-3-7-19(8-4-17)21(10-13-23)11-14-24/h1-12,25,27,29-31H,13-18H2;6-13,24-25,27-29H,2-5,14-19H2,1H3;1-8,20,22-24H,9-15H2. The van der Waals surface area contributed by atoms with Gasteiger partial charge < -0.3 is 76.6 Å². The zero-order chi connectivity index (χ0) is 60.2. The van der Waals surface area contributed by atoms with Crippen molar-refractivity contribution in [2.45, 2.75) is 50.9 Å². The molecule has 0 fully saturated rings. The van der Waals surface area contributed by atoms with Gasteiger partial charge in [-0.3, -0.25) is 0 Å². The van der Waals surface area contributed by atoms with E-state index in [1.54, 1.807) is 0 Å². The zero-order valence-corrected chi connectivity index (χ0v) is 49.6. The Kier molecular flexibility index (Phi) is 32.2. The van der Waals surface area contributed by atoms with E-state index in [2.05, 4.69) is 120 Å². The molecule has 2 unspecified atom stereocenters. The van der Waals surface area contributed by atoms with Crippen LogP contribution >= 0.6 is 11.6 Å². The highest BCUT2D eigenvalue weighted by atomic mass is 35.5. The van der Waals surface area contributed by atoms with Gasteiger partial charge in [0.25, 0.3) is 0 Å². The molecule has 0 aliphatic rings. The van der Waals surface area contributed by atoms with Crippen LogP contribution in [0.25, 0.3) is 0 Å². The smallest absolute Gasteiger partial charge is 0.0606 e. The molecule has 0 radical (unpaired) electrons. The van der Waals surface area contributed by atoms with Gasteiger partial charge in [-0.15, -0.1) is 0 Å². The predicted molar refractivity (Wildman–Crippen MR) is 346 cm³/mol. The van der Waals surface area contributed by atoms with Gasteiger partial charge in [-0.05, 0) is 137 Å². The molecule has 84 heavy (non-hydrogen) atoms. The van der Waals surface area contributed by atoms with Crippen LogP contribution in [0.5, 0.6) is 0 Å². The minimum absolute atomic E-state index is 0.0299. The zero-order valence-electron chi connectivity index (χ0n) is 48.8. The molecule has 0 saturated carbocycles. The Labute approximate surface area is 503 Å². The second kappa shape index (κ2) is 39.7. The van der Waals surface area contributed by atoms with Crippen LogP contribution in [-0.4, -0.2) is 164 Å². The van der Waals surface area contributed by atoms with Crippen molar-refractivity contribution in [2.75, 3.05) is 149 Å². The molecule has 0 bridgehead atoms. The molecular weight excluding hydrogens is 1080 g/mol. The summed E-state index contributed by atoms with van der Waals surface area (Å²) >= 11 is 6.12. The topological polar surface area (TPSA) is 228 Å². The van der Waals surface area contributed by atoms with E-state index in [4.69, 9.17) is 37.1 Å². The summed E-state index contributed by atoms with van der Waals surface area (Å²) < 4.78 is 0. The van der Waals surface area contributed by atoms with Gasteiger partial charge in [0, 0.05) is 110 Å². The average molecular weight is 1170 g/mol. The van der Waals surface area contributed by atoms with Crippen molar-refractivity contribution in [1.82, 2.24) is 0 Å². The first kappa shape index (κ1) is 68.1. The van der Waals surface area contributed by atoms with Crippen molar-refractivity contribution in [3.8, 4) is 0 Å². The second-order valence-electron chi connectivity index (χ2n) is 20.3. The maximum Gasteiger partial charge on any atom is 0.0606 e. The van der Waals surface area contributed by atoms with E-state index in [9.17, 15) is 20.4 Å². The summed E-state index contributed by atoms with van der Waals surface area (Å²) in [6, 6.07) is 57.8. The van der Waals surface area contributed by atoms with Gasteiger partial charge in [0.1, 0.15) is 0 Å². The van der Waals surface area contributed by atoms with Gasteiger partial charge in [0.15, 0.2) is 0 Å². The fourth-order valence-corrected chi connectivity index (χ4v) is 10.1. The Balaban J connectivity index is 0.000000232. The van der Waals surface area contributed by atoms with Crippen LogP contribution in [0.3, 0.4) is 0 Å². The van der Waals surface area contributed by atoms with Crippen LogP contribution < -0.4 is 30.7 Å². The lowest BCUT2D eigenvalue weighted by molar-refractivity contribution is 0.280. The quantitative estimate of drug-likeness (QED) is 0.0132. The van der Waals surface area contributed by atoms with Gasteiger partial charge in [0.2, 0.25) is 0 Å². The lowest BCUT2D eigenvalue weighted by Crippen LogP contribution is -2.29. The van der Waals surface area contributed by atoms with E-state index in [1.165, 1.54) is 41.5 Å². The second-order valence-corrected chi connectivity index (χ2v) is 20.7. The number of unbranched alkanes of at least 4 members (excludes halogenated alkanes) is 2. The number of anilines is 6. The van der Waals surface area contributed by atoms with Crippen molar-refractivity contribution in [1.29, 1.82) is 0 Å². The van der Waals surface area contributed by atoms with E-state index in [0.717, 1.165) is 63.7 Å². The molecule has 7 aromatic carbocycles. The Hall–Kier alpha value is -6.73. The van der Waals surface area contributed by atoms with E-state index >= 15 is 0 Å². The summed E-state index contributed by atoms with van der Waals surface area (Å²) in [6.45, 7) is 7.53. The van der Waals surface area contributed by atoms with E-state index in [1.807, 2.05) is 87.5 Å². The largest absolute Gasteiger partial charge is 0.395 e. The van der Waals surface area contributed by atoms with Crippen molar-refractivity contribution in [3.05, 3.63) is 214 Å². The predicted octanol–water partition coefficient (Wildman–Crippen LogP) is 8.78. The minimum atomic E-state index is 0.0299. The van der Waals surface area contributed by atoms with Crippen molar-refractivity contribution < 1.29 is 46.0 Å². The maximum atomic E-state index is 9.31. The van der Waals surface area contributed by atoms with Crippen molar-refractivity contribution in [2.24, 2.45) is 0 Å². The number of hydrogen-bond acceptors (Lipinski definition) is 15. The molecule has 2 atom stereocenters. The van der Waals surface area contributed by atoms with Gasteiger partial charge in [0.05, 0.1) is 59.5 Å². The highest BCUT2D eigenvalue weighted by Gasteiger charge is 2.19. The SMILES string of the molecule is CCCCCC(c1ccc(NCCO)cc1)c1ccc(N(CCO)CCO)cc1.OCCNc1ccc(C(c2ccc(Cl)cc2)c2ccc(N(CCO)CCO)cc2)cc1.OCCNc1ccc(Cc2ccc(N(CCO)CCO)cc2)cc1. The summed E-state index contributed by atoms with van der Waals surface area (Å²) in [4.78, 5) is 5.92. The number of hydrogen-bond donors (Lipinski definition) is 12. The first-order valence-corrected chi connectivity index (χ1v) is 29.8. The molecule has 0 aliphatic carbocycles. The first-order chi connectivity index (χ1) is 41.1. The molecule has 0 amide bonds. The fraction of sp³-hybridized carbons (Fsp3) is 0.382. The van der Waals surface area contributed by atoms with Gasteiger partial charge in [-0.1, -0.05) is 123 Å². The molecule has 0 heterocycles. The Morgan fingerprint density at radius 3 is 0.964 bits per heavy atom. The normalized spacial score (nSPS) is 11.6. The number of aliphatic hydroxyl groups is 9. The lowest BCUT2D eigenvalue weighted by atomic mass is 9.85. The van der Waals surface area contributed by atoms with Crippen LogP contribution in [0, 0.1) is 0 Å². The molecule has 16 heteroatoms. The fourth-order valence-electron chi connectivity index (χ4n) is 10.0. The molecular formula is C68H91ClN6O9. The first-order valence-electron chi connectivity index (χ1n) is 29.4. The third-order valence-corrected chi connectivity index (χ3v) is 14.6. The molecule has 7 aromatic rings. The highest BCUT2D eigenvalue weighted by Crippen LogP contribution is 2.35. The highest BCUT2D eigenvalue weighted by molar-refractivity contribution is 6.30. The Morgan fingerprint density at radius 2 is 0.631 bits per heavy atom. The number of halogens is 1. The van der Waals surface area contributed by atoms with Crippen LogP contribution in [0.4, 0.5) is 34.1 Å². The van der Waals surface area contributed by atoms with Crippen LogP contribution in [0.15, 0.2) is 170 Å². The van der Waals surface area contributed by atoms with E-state index in [-0.39, 0.29) is 65.4 Å². The molecule has 0 aromatic heterocycles. The van der Waals surface area contributed by atoms with Gasteiger partial charge >= 0.3 is 0 Å². The third kappa shape index (κ3) is 23.0. The molecule has 15 nitrogen and oxygen atoms in total. The monoisotopic (exact) mass is 1170 g/mol. The summed E-state index contributed by atoms with van der Waals surface area (Å²) in [5, 5.41) is 92.4. The van der Waals surface area contributed by atoms with Crippen LogP contribution in [0.2, 0.25) is 5.02 Å². The molecule has 7 rings (SSSR count). The molecule has 454 valence electrons. The molecule has 0 saturated heterocycles. The van der Waals surface area contributed by atoms with Crippen LogP contribution in [-0.2, 0) is 6.42 Å². The lowest BCUT2D eigenvalue weighted by Gasteiger charge is -2.24. The summed E-state index contributed by atoms with van der Waals surface area (Å²) in [5.41, 5.74) is 14.4. The van der Waals surface area contributed by atoms with Crippen LogP contribution in [0.1, 0.15) is 83.4 Å². The number of nitrogens with one attached hydrogen (secondary N) is 3. The number of rotatable bonds is 35. The molecule has 0 aliphatic heterocycles. The van der Waals surface area contributed by atoms with E-state index < -0.39 is 0 Å². The Morgan fingerprint density at radius 1 is 0.345 bits per heavy atom. The third-order valence-electron chi connectivity index (χ3n) is 14.3. The minimum Gasteiger partial charge on any atom is -0.395 e. The van der Waals surface area contributed by atoms with Crippen molar-refractivity contribution in [3.63, 3.8) is 0 Å². The average Bonchev–Trinajstić information content (AvgIpc) is 3.50. The molecule has 12 N–H and O–H groups in total. The van der Waals surface area contributed by atoms with Gasteiger partial charge in [-0.25, -0.2) is 0 Å². The summed E-state index contributed by atoms with van der Waals surface area (Å²) in [6.07, 6.45) is 5.57. The summed E-state index contributed by atoms with van der Waals surface area (Å²) in [7, 11) is 0. The number of aliphatic hydroxyl groups excluding tert-OH is 9. The van der Waals surface area contributed by atoms with Gasteiger partial charge in [-0.2, -0.15) is 0 Å². The Bertz CT molecular complexity index is 2760. The summed E-state index contributed by atoms with van der Waals surface area (Å²) in [5.74, 6) is 0.369.